The largest absolute Gasteiger partial charge is 0.535 e. The van der Waals surface area contributed by atoms with Gasteiger partial charge in [-0.05, 0) is 24.4 Å². The van der Waals surface area contributed by atoms with Gasteiger partial charge in [-0.2, -0.15) is 0 Å². The Labute approximate surface area is 106 Å². The van der Waals surface area contributed by atoms with E-state index in [1.807, 2.05) is 6.07 Å². The minimum Gasteiger partial charge on any atom is -0.535 e. The third kappa shape index (κ3) is 2.81. The van der Waals surface area contributed by atoms with E-state index in [4.69, 9.17) is 9.76 Å². The molecule has 0 bridgehead atoms. The predicted octanol–water partition coefficient (Wildman–Crippen LogP) is 1.64. The lowest BCUT2D eigenvalue weighted by Gasteiger charge is -2.20. The van der Waals surface area contributed by atoms with Crippen molar-refractivity contribution in [1.82, 2.24) is 0 Å². The van der Waals surface area contributed by atoms with E-state index >= 15 is 0 Å². The molecule has 0 amide bonds. The molecule has 0 spiro atoms. The van der Waals surface area contributed by atoms with Gasteiger partial charge in [-0.1, -0.05) is 12.1 Å². The molecule has 1 aliphatic heterocycles. The molecule has 7 heteroatoms. The third-order valence-corrected chi connectivity index (χ3v) is 2.24. The highest BCUT2D eigenvalue weighted by atomic mass is 35.5. The first kappa shape index (κ1) is 15.1. The van der Waals surface area contributed by atoms with Gasteiger partial charge in [0.15, 0.2) is 0 Å². The second-order valence-corrected chi connectivity index (χ2v) is 3.21. The average molecular weight is 265 g/mol. The standard InChI is InChI=1S/C9H9BO4.2ClH/c11-9(12)7-3-1-2-6-4-5-10(13)14-8(6)7;;/h1-3,13H,4-5H2,(H,11,12);2*1H. The molecule has 0 aliphatic carbocycles. The van der Waals surface area contributed by atoms with E-state index in [-0.39, 0.29) is 30.4 Å². The molecule has 0 saturated carbocycles. The first-order chi connectivity index (χ1) is 6.68. The summed E-state index contributed by atoms with van der Waals surface area (Å²) in [6.07, 6.45) is 1.16. The normalized spacial score (nSPS) is 12.7. The van der Waals surface area contributed by atoms with Gasteiger partial charge in [0, 0.05) is 0 Å². The highest BCUT2D eigenvalue weighted by Gasteiger charge is 2.26. The number of hydrogen-bond donors (Lipinski definition) is 2. The first-order valence-electron chi connectivity index (χ1n) is 4.38. The van der Waals surface area contributed by atoms with Crippen molar-refractivity contribution in [3.8, 4) is 5.75 Å². The number of aromatic carboxylic acids is 1. The van der Waals surface area contributed by atoms with Crippen LogP contribution in [0.5, 0.6) is 5.75 Å². The van der Waals surface area contributed by atoms with Crippen molar-refractivity contribution >= 4 is 37.9 Å². The number of carbonyl (C=O) groups is 1. The van der Waals surface area contributed by atoms with Crippen molar-refractivity contribution in [3.05, 3.63) is 29.3 Å². The van der Waals surface area contributed by atoms with Crippen LogP contribution in [0.2, 0.25) is 6.32 Å². The van der Waals surface area contributed by atoms with Crippen LogP contribution >= 0.6 is 24.8 Å². The molecule has 0 saturated heterocycles. The Morgan fingerprint density at radius 3 is 2.69 bits per heavy atom. The van der Waals surface area contributed by atoms with Crippen molar-refractivity contribution < 1.29 is 19.6 Å². The van der Waals surface area contributed by atoms with Gasteiger partial charge < -0.3 is 14.8 Å². The van der Waals surface area contributed by atoms with Gasteiger partial charge in [0.05, 0.1) is 5.56 Å². The SMILES string of the molecule is Cl.Cl.O=C(O)c1cccc2c1OB(O)CC2. The fraction of sp³-hybridized carbons (Fsp3) is 0.222. The lowest BCUT2D eigenvalue weighted by atomic mass is 9.78. The van der Waals surface area contributed by atoms with E-state index < -0.39 is 13.1 Å². The lowest BCUT2D eigenvalue weighted by Crippen LogP contribution is -2.27. The molecule has 0 fully saturated rings. The van der Waals surface area contributed by atoms with Crippen LogP contribution in [0, 0.1) is 0 Å². The second kappa shape index (κ2) is 5.99. The number of fused-ring (bicyclic) bond motifs is 1. The predicted molar refractivity (Wildman–Crippen MR) is 65.0 cm³/mol. The Morgan fingerprint density at radius 2 is 2.06 bits per heavy atom. The number of carboxylic acid groups (broad SMARTS) is 1. The van der Waals surface area contributed by atoms with Crippen molar-refractivity contribution in [1.29, 1.82) is 0 Å². The Kier molecular flexibility index (Phi) is 5.65. The fourth-order valence-corrected chi connectivity index (χ4v) is 1.56. The first-order valence-corrected chi connectivity index (χ1v) is 4.38. The summed E-state index contributed by atoms with van der Waals surface area (Å²) in [6.45, 7) is 0. The van der Waals surface area contributed by atoms with Gasteiger partial charge in [-0.3, -0.25) is 0 Å². The Balaban J connectivity index is 0.00000112. The van der Waals surface area contributed by atoms with Crippen LogP contribution in [0.25, 0.3) is 0 Å². The topological polar surface area (TPSA) is 66.8 Å². The molecule has 16 heavy (non-hydrogen) atoms. The monoisotopic (exact) mass is 264 g/mol. The Morgan fingerprint density at radius 1 is 1.38 bits per heavy atom. The second-order valence-electron chi connectivity index (χ2n) is 3.21. The van der Waals surface area contributed by atoms with Crippen LogP contribution in [-0.4, -0.2) is 23.2 Å². The highest BCUT2D eigenvalue weighted by Crippen LogP contribution is 2.29. The van der Waals surface area contributed by atoms with Crippen molar-refractivity contribution in [2.75, 3.05) is 0 Å². The molecule has 0 atom stereocenters. The number of aryl methyl sites for hydroxylation is 1. The van der Waals surface area contributed by atoms with Crippen molar-refractivity contribution in [3.63, 3.8) is 0 Å². The van der Waals surface area contributed by atoms with E-state index in [1.165, 1.54) is 6.07 Å². The van der Waals surface area contributed by atoms with E-state index in [9.17, 15) is 9.82 Å². The maximum absolute atomic E-state index is 10.8. The van der Waals surface area contributed by atoms with Gasteiger partial charge in [0.25, 0.3) is 0 Å². The summed E-state index contributed by atoms with van der Waals surface area (Å²) in [4.78, 5) is 10.8. The van der Waals surface area contributed by atoms with Gasteiger partial charge in [-0.25, -0.2) is 4.79 Å². The van der Waals surface area contributed by atoms with Crippen molar-refractivity contribution in [2.45, 2.75) is 12.7 Å². The molecule has 2 N–H and O–H groups in total. The van der Waals surface area contributed by atoms with E-state index in [2.05, 4.69) is 0 Å². The number of para-hydroxylation sites is 1. The number of carboxylic acids is 1. The number of rotatable bonds is 1. The zero-order chi connectivity index (χ0) is 10.1. The average Bonchev–Trinajstić information content (AvgIpc) is 2.16. The molecule has 1 aromatic rings. The van der Waals surface area contributed by atoms with Crippen LogP contribution in [0.4, 0.5) is 0 Å². The molecule has 1 heterocycles. The molecule has 2 rings (SSSR count). The van der Waals surface area contributed by atoms with Gasteiger partial charge in [0.1, 0.15) is 5.75 Å². The minimum atomic E-state index is -1.03. The Hall–Kier alpha value is -0.905. The third-order valence-electron chi connectivity index (χ3n) is 2.24. The molecular formula is C9H11BCl2O4. The highest BCUT2D eigenvalue weighted by molar-refractivity contribution is 6.44. The van der Waals surface area contributed by atoms with E-state index in [0.717, 1.165) is 5.56 Å². The summed E-state index contributed by atoms with van der Waals surface area (Å²) in [5.74, 6) is -0.727. The summed E-state index contributed by atoms with van der Waals surface area (Å²) in [7, 11) is -0.886. The summed E-state index contributed by atoms with van der Waals surface area (Å²) in [5, 5.41) is 18.1. The minimum absolute atomic E-state index is 0. The van der Waals surface area contributed by atoms with Crippen LogP contribution in [0.15, 0.2) is 18.2 Å². The molecule has 88 valence electrons. The summed E-state index contributed by atoms with van der Waals surface area (Å²) in [6, 6.07) is 4.97. The van der Waals surface area contributed by atoms with Crippen LogP contribution in [0.3, 0.4) is 0 Å². The van der Waals surface area contributed by atoms with Crippen LogP contribution in [-0.2, 0) is 6.42 Å². The zero-order valence-corrected chi connectivity index (χ0v) is 9.88. The van der Waals surface area contributed by atoms with Gasteiger partial charge >= 0.3 is 13.1 Å². The quantitative estimate of drug-likeness (QED) is 0.757. The number of halogens is 2. The molecule has 0 unspecified atom stereocenters. The molecular weight excluding hydrogens is 254 g/mol. The summed E-state index contributed by atoms with van der Waals surface area (Å²) < 4.78 is 5.10. The summed E-state index contributed by atoms with van der Waals surface area (Å²) >= 11 is 0. The van der Waals surface area contributed by atoms with Crippen LogP contribution < -0.4 is 4.65 Å². The maximum atomic E-state index is 10.8. The molecule has 0 aromatic heterocycles. The van der Waals surface area contributed by atoms with Gasteiger partial charge in [0.2, 0.25) is 0 Å². The zero-order valence-electron chi connectivity index (χ0n) is 8.25. The molecule has 1 aromatic carbocycles. The van der Waals surface area contributed by atoms with E-state index in [1.54, 1.807) is 6.07 Å². The van der Waals surface area contributed by atoms with Gasteiger partial charge in [-0.15, -0.1) is 24.8 Å². The van der Waals surface area contributed by atoms with Crippen molar-refractivity contribution in [2.24, 2.45) is 0 Å². The van der Waals surface area contributed by atoms with E-state index in [0.29, 0.717) is 18.5 Å². The summed E-state index contributed by atoms with van der Waals surface area (Å²) in [5.41, 5.74) is 0.955. The molecule has 4 nitrogen and oxygen atoms in total. The molecule has 0 radical (unpaired) electrons. The molecule has 1 aliphatic rings. The number of benzene rings is 1. The smallest absolute Gasteiger partial charge is 0.522 e. The van der Waals surface area contributed by atoms with Crippen LogP contribution in [0.1, 0.15) is 15.9 Å². The Bertz CT molecular complexity index is 386. The lowest BCUT2D eigenvalue weighted by molar-refractivity contribution is 0.0694. The fourth-order valence-electron chi connectivity index (χ4n) is 1.56. The number of hydrogen-bond acceptors (Lipinski definition) is 3. The maximum Gasteiger partial charge on any atom is 0.522 e.